The smallest absolute Gasteiger partial charge is 0.121 e. The van der Waals surface area contributed by atoms with Gasteiger partial charge in [-0.3, -0.25) is 0 Å². The summed E-state index contributed by atoms with van der Waals surface area (Å²) >= 11 is 0. The first-order chi connectivity index (χ1) is 13.3. The molecule has 0 aliphatic rings. The average Bonchev–Trinajstić information content (AvgIpc) is 2.75. The molecule has 3 aromatic carbocycles. The van der Waals surface area contributed by atoms with Gasteiger partial charge < -0.3 is 5.11 Å². The van der Waals surface area contributed by atoms with Gasteiger partial charge in [-0.1, -0.05) is 124 Å². The van der Waals surface area contributed by atoms with Crippen LogP contribution in [0.4, 0.5) is 0 Å². The van der Waals surface area contributed by atoms with Crippen molar-refractivity contribution in [2.24, 2.45) is 0 Å². The summed E-state index contributed by atoms with van der Waals surface area (Å²) in [4.78, 5) is 0. The quantitative estimate of drug-likeness (QED) is 0.423. The van der Waals surface area contributed by atoms with Crippen LogP contribution in [-0.4, -0.2) is 5.11 Å². The summed E-state index contributed by atoms with van der Waals surface area (Å²) < 4.78 is 0. The fraction of sp³-hybridized carbons (Fsp3) is 0.308. The van der Waals surface area contributed by atoms with E-state index < -0.39 is 5.60 Å². The minimum absolute atomic E-state index is 0.0142. The van der Waals surface area contributed by atoms with Gasteiger partial charge in [0, 0.05) is 5.92 Å². The van der Waals surface area contributed by atoms with Crippen molar-refractivity contribution in [2.45, 2.75) is 50.5 Å². The molecule has 0 aromatic heterocycles. The number of benzene rings is 3. The van der Waals surface area contributed by atoms with Gasteiger partial charge in [0.15, 0.2) is 0 Å². The van der Waals surface area contributed by atoms with Crippen LogP contribution in [0.15, 0.2) is 91.0 Å². The highest BCUT2D eigenvalue weighted by molar-refractivity contribution is 5.41. The molecule has 0 aliphatic heterocycles. The maximum absolute atomic E-state index is 12.2. The molecule has 1 nitrogen and oxygen atoms in total. The lowest BCUT2D eigenvalue weighted by atomic mass is 9.71. The Morgan fingerprint density at radius 1 is 0.667 bits per heavy atom. The molecule has 3 aromatic rings. The van der Waals surface area contributed by atoms with E-state index >= 15 is 0 Å². The summed E-state index contributed by atoms with van der Waals surface area (Å²) in [6.07, 6.45) is 5.76. The lowest BCUT2D eigenvalue weighted by Crippen LogP contribution is -2.35. The number of aliphatic hydroxyl groups is 1. The Balaban J connectivity index is 2.07. The Kier molecular flexibility index (Phi) is 6.84. The minimum atomic E-state index is -1.05. The molecule has 0 fully saturated rings. The molecule has 0 saturated carbocycles. The molecule has 0 amide bonds. The second-order valence-electron chi connectivity index (χ2n) is 7.31. The third-order valence-corrected chi connectivity index (χ3v) is 5.48. The molecule has 27 heavy (non-hydrogen) atoms. The summed E-state index contributed by atoms with van der Waals surface area (Å²) in [7, 11) is 0. The van der Waals surface area contributed by atoms with Crippen molar-refractivity contribution in [1.29, 1.82) is 0 Å². The van der Waals surface area contributed by atoms with Crippen LogP contribution < -0.4 is 0 Å². The number of rotatable bonds is 9. The Hall–Kier alpha value is -2.38. The van der Waals surface area contributed by atoms with E-state index in [1.54, 1.807) is 0 Å². The average molecular weight is 359 g/mol. The monoisotopic (exact) mass is 358 g/mol. The fourth-order valence-corrected chi connectivity index (χ4v) is 4.03. The Morgan fingerprint density at radius 2 is 1.15 bits per heavy atom. The molecule has 1 atom stereocenters. The van der Waals surface area contributed by atoms with Crippen molar-refractivity contribution in [3.8, 4) is 0 Å². The maximum Gasteiger partial charge on any atom is 0.121 e. The first kappa shape index (κ1) is 19.4. The molecule has 0 radical (unpaired) electrons. The highest BCUT2D eigenvalue weighted by Crippen LogP contribution is 2.45. The van der Waals surface area contributed by atoms with Gasteiger partial charge >= 0.3 is 0 Å². The predicted octanol–water partition coefficient (Wildman–Crippen LogP) is 6.68. The van der Waals surface area contributed by atoms with E-state index in [9.17, 15) is 5.11 Å². The molecule has 3 rings (SSSR count). The van der Waals surface area contributed by atoms with Gasteiger partial charge in [0.05, 0.1) is 0 Å². The SMILES string of the molecule is CCCCCCC(c1ccccc1)C(O)(c1ccccc1)c1ccccc1. The van der Waals surface area contributed by atoms with Crippen LogP contribution >= 0.6 is 0 Å². The molecule has 140 valence electrons. The molecule has 1 N–H and O–H groups in total. The zero-order valence-electron chi connectivity index (χ0n) is 16.2. The van der Waals surface area contributed by atoms with Crippen LogP contribution in [0.3, 0.4) is 0 Å². The van der Waals surface area contributed by atoms with E-state index in [-0.39, 0.29) is 5.92 Å². The van der Waals surface area contributed by atoms with Crippen molar-refractivity contribution >= 4 is 0 Å². The van der Waals surface area contributed by atoms with Gasteiger partial charge in [0.25, 0.3) is 0 Å². The van der Waals surface area contributed by atoms with Gasteiger partial charge in [-0.05, 0) is 23.1 Å². The number of unbranched alkanes of at least 4 members (excludes halogenated alkanes) is 3. The lowest BCUT2D eigenvalue weighted by molar-refractivity contribution is 0.0449. The molecule has 0 saturated heterocycles. The van der Waals surface area contributed by atoms with E-state index in [0.29, 0.717) is 0 Å². The van der Waals surface area contributed by atoms with E-state index in [1.165, 1.54) is 24.8 Å². The highest BCUT2D eigenvalue weighted by atomic mass is 16.3. The first-order valence-corrected chi connectivity index (χ1v) is 10.1. The number of hydrogen-bond donors (Lipinski definition) is 1. The second kappa shape index (κ2) is 9.53. The van der Waals surface area contributed by atoms with Crippen molar-refractivity contribution in [3.05, 3.63) is 108 Å². The number of hydrogen-bond acceptors (Lipinski definition) is 1. The molecule has 0 heterocycles. The molecule has 0 bridgehead atoms. The van der Waals surface area contributed by atoms with Gasteiger partial charge in [-0.15, -0.1) is 0 Å². The van der Waals surface area contributed by atoms with E-state index in [2.05, 4.69) is 55.5 Å². The summed E-state index contributed by atoms with van der Waals surface area (Å²) in [5.74, 6) is 0.0142. The minimum Gasteiger partial charge on any atom is -0.380 e. The molecular weight excluding hydrogens is 328 g/mol. The Labute approximate surface area is 163 Å². The zero-order chi connectivity index (χ0) is 19.0. The van der Waals surface area contributed by atoms with Crippen LogP contribution in [-0.2, 0) is 5.60 Å². The van der Waals surface area contributed by atoms with Crippen LogP contribution in [0.1, 0.15) is 61.6 Å². The summed E-state index contributed by atoms with van der Waals surface area (Å²) in [6, 6.07) is 30.8. The standard InChI is InChI=1S/C26H30O/c1-2-3-4-14-21-25(22-15-8-5-9-16-22)26(27,23-17-10-6-11-18-23)24-19-12-7-13-20-24/h5-13,15-20,25,27H,2-4,14,21H2,1H3. The second-order valence-corrected chi connectivity index (χ2v) is 7.31. The maximum atomic E-state index is 12.2. The van der Waals surface area contributed by atoms with E-state index in [1.807, 2.05) is 42.5 Å². The lowest BCUT2D eigenvalue weighted by Gasteiger charge is -2.38. The highest BCUT2D eigenvalue weighted by Gasteiger charge is 2.40. The van der Waals surface area contributed by atoms with E-state index in [0.717, 1.165) is 24.0 Å². The van der Waals surface area contributed by atoms with Crippen LogP contribution in [0.25, 0.3) is 0 Å². The van der Waals surface area contributed by atoms with Gasteiger partial charge in [-0.25, -0.2) is 0 Å². The Bertz CT molecular complexity index is 741. The van der Waals surface area contributed by atoms with Crippen LogP contribution in [0.2, 0.25) is 0 Å². The third-order valence-electron chi connectivity index (χ3n) is 5.48. The topological polar surface area (TPSA) is 20.2 Å². The predicted molar refractivity (Wildman–Crippen MR) is 114 cm³/mol. The normalized spacial score (nSPS) is 12.7. The van der Waals surface area contributed by atoms with Crippen molar-refractivity contribution in [1.82, 2.24) is 0 Å². The zero-order valence-corrected chi connectivity index (χ0v) is 16.2. The summed E-state index contributed by atoms with van der Waals surface area (Å²) in [6.45, 7) is 2.24. The van der Waals surface area contributed by atoms with E-state index in [4.69, 9.17) is 0 Å². The summed E-state index contributed by atoms with van der Waals surface area (Å²) in [5.41, 5.74) is 2.07. The van der Waals surface area contributed by atoms with Gasteiger partial charge in [-0.2, -0.15) is 0 Å². The molecule has 0 spiro atoms. The summed E-state index contributed by atoms with van der Waals surface area (Å²) in [5, 5.41) is 12.2. The fourth-order valence-electron chi connectivity index (χ4n) is 4.03. The van der Waals surface area contributed by atoms with Gasteiger partial charge in [0.2, 0.25) is 0 Å². The molecule has 1 heteroatoms. The van der Waals surface area contributed by atoms with Crippen molar-refractivity contribution in [3.63, 3.8) is 0 Å². The van der Waals surface area contributed by atoms with Gasteiger partial charge in [0.1, 0.15) is 5.60 Å². The third kappa shape index (κ3) is 4.48. The van der Waals surface area contributed by atoms with Crippen LogP contribution in [0, 0.1) is 0 Å². The van der Waals surface area contributed by atoms with Crippen molar-refractivity contribution in [2.75, 3.05) is 0 Å². The first-order valence-electron chi connectivity index (χ1n) is 10.1. The largest absolute Gasteiger partial charge is 0.380 e. The van der Waals surface area contributed by atoms with Crippen molar-refractivity contribution < 1.29 is 5.11 Å². The molecule has 1 unspecified atom stereocenters. The molecule has 0 aliphatic carbocycles. The Morgan fingerprint density at radius 3 is 1.63 bits per heavy atom. The molecular formula is C26H30O. The van der Waals surface area contributed by atoms with Crippen LogP contribution in [0.5, 0.6) is 0 Å².